The van der Waals surface area contributed by atoms with Gasteiger partial charge < -0.3 is 5.32 Å². The average Bonchev–Trinajstić information content (AvgIpc) is 2.69. The van der Waals surface area contributed by atoms with Gasteiger partial charge in [0.15, 0.2) is 0 Å². The summed E-state index contributed by atoms with van der Waals surface area (Å²) in [5.41, 5.74) is 1.11. The fourth-order valence-corrected chi connectivity index (χ4v) is 5.68. The SMILES string of the molecule is C[C@@H](NC(=O)c1cc(S(=O)(=O)N2CCSCC2)ccc1Cl)c1ccccc1. The topological polar surface area (TPSA) is 66.5 Å². The van der Waals surface area contributed by atoms with Crippen LogP contribution in [0, 0.1) is 0 Å². The minimum atomic E-state index is -3.63. The van der Waals surface area contributed by atoms with Crippen LogP contribution in [0.4, 0.5) is 0 Å². The van der Waals surface area contributed by atoms with Crippen LogP contribution in [0.15, 0.2) is 53.4 Å². The second-order valence-corrected chi connectivity index (χ2v) is 9.83. The van der Waals surface area contributed by atoms with E-state index in [1.165, 1.54) is 22.5 Å². The van der Waals surface area contributed by atoms with Crippen molar-refractivity contribution < 1.29 is 13.2 Å². The number of nitrogens with zero attached hydrogens (tertiary/aromatic N) is 1. The summed E-state index contributed by atoms with van der Waals surface area (Å²) in [6.07, 6.45) is 0. The number of hydrogen-bond donors (Lipinski definition) is 1. The molecule has 2 aromatic rings. The first-order chi connectivity index (χ1) is 12.9. The first kappa shape index (κ1) is 20.2. The van der Waals surface area contributed by atoms with E-state index in [2.05, 4.69) is 5.32 Å². The maximum atomic E-state index is 12.9. The lowest BCUT2D eigenvalue weighted by atomic mass is 10.1. The highest BCUT2D eigenvalue weighted by Gasteiger charge is 2.27. The van der Waals surface area contributed by atoms with Gasteiger partial charge in [0, 0.05) is 24.6 Å². The third-order valence-electron chi connectivity index (χ3n) is 4.44. The number of benzene rings is 2. The second-order valence-electron chi connectivity index (χ2n) is 6.26. The number of amides is 1. The summed E-state index contributed by atoms with van der Waals surface area (Å²) in [6.45, 7) is 2.82. The van der Waals surface area contributed by atoms with Crippen molar-refractivity contribution in [2.45, 2.75) is 17.9 Å². The number of carbonyl (C=O) groups is 1. The van der Waals surface area contributed by atoms with Crippen LogP contribution in [-0.4, -0.2) is 43.2 Å². The van der Waals surface area contributed by atoms with E-state index in [1.807, 2.05) is 37.3 Å². The van der Waals surface area contributed by atoms with Gasteiger partial charge in [-0.3, -0.25) is 4.79 Å². The van der Waals surface area contributed by atoms with E-state index in [1.54, 1.807) is 11.8 Å². The molecule has 144 valence electrons. The number of thioether (sulfide) groups is 1. The molecule has 1 amide bonds. The number of nitrogens with one attached hydrogen (secondary N) is 1. The van der Waals surface area contributed by atoms with Crippen LogP contribution in [-0.2, 0) is 10.0 Å². The summed E-state index contributed by atoms with van der Waals surface area (Å²) in [4.78, 5) is 12.8. The van der Waals surface area contributed by atoms with Gasteiger partial charge in [-0.15, -0.1) is 0 Å². The molecule has 0 radical (unpaired) electrons. The number of hydrogen-bond acceptors (Lipinski definition) is 4. The van der Waals surface area contributed by atoms with Crippen molar-refractivity contribution in [3.63, 3.8) is 0 Å². The third kappa shape index (κ3) is 4.66. The highest BCUT2D eigenvalue weighted by Crippen LogP contribution is 2.25. The van der Waals surface area contributed by atoms with Crippen LogP contribution in [0.2, 0.25) is 5.02 Å². The first-order valence-electron chi connectivity index (χ1n) is 8.63. The van der Waals surface area contributed by atoms with Crippen molar-refractivity contribution in [3.8, 4) is 0 Å². The molecule has 0 saturated carbocycles. The molecule has 2 aromatic carbocycles. The summed E-state index contributed by atoms with van der Waals surface area (Å²) in [5.74, 6) is 1.14. The number of rotatable bonds is 5. The van der Waals surface area contributed by atoms with Crippen LogP contribution < -0.4 is 5.32 Å². The Bertz CT molecular complexity index is 914. The van der Waals surface area contributed by atoms with Crippen molar-refractivity contribution >= 4 is 39.3 Å². The predicted octanol–water partition coefficient (Wildman–Crippen LogP) is 3.57. The number of halogens is 1. The summed E-state index contributed by atoms with van der Waals surface area (Å²) in [5, 5.41) is 3.10. The third-order valence-corrected chi connectivity index (χ3v) is 7.60. The molecule has 0 bridgehead atoms. The Hall–Kier alpha value is -1.54. The van der Waals surface area contributed by atoms with Gasteiger partial charge in [0.1, 0.15) is 0 Å². The van der Waals surface area contributed by atoms with Gasteiger partial charge in [-0.25, -0.2) is 8.42 Å². The Morgan fingerprint density at radius 1 is 1.15 bits per heavy atom. The lowest BCUT2D eigenvalue weighted by Gasteiger charge is -2.25. The molecule has 1 N–H and O–H groups in total. The van der Waals surface area contributed by atoms with Crippen molar-refractivity contribution in [1.82, 2.24) is 9.62 Å². The summed E-state index contributed by atoms with van der Waals surface area (Å²) in [7, 11) is -3.63. The van der Waals surface area contributed by atoms with Gasteiger partial charge in [-0.05, 0) is 30.7 Å². The molecule has 8 heteroatoms. The van der Waals surface area contributed by atoms with Gasteiger partial charge in [0.25, 0.3) is 5.91 Å². The second kappa shape index (κ2) is 8.65. The van der Waals surface area contributed by atoms with Crippen LogP contribution >= 0.6 is 23.4 Å². The lowest BCUT2D eigenvalue weighted by molar-refractivity contribution is 0.0940. The molecule has 1 heterocycles. The predicted molar refractivity (Wildman–Crippen MR) is 110 cm³/mol. The molecule has 1 saturated heterocycles. The Morgan fingerprint density at radius 3 is 2.48 bits per heavy atom. The minimum absolute atomic E-state index is 0.0938. The zero-order valence-corrected chi connectivity index (χ0v) is 17.3. The fourth-order valence-electron chi connectivity index (χ4n) is 2.87. The van der Waals surface area contributed by atoms with Crippen LogP contribution in [0.25, 0.3) is 0 Å². The molecular formula is C19H21ClN2O3S2. The number of carbonyl (C=O) groups excluding carboxylic acids is 1. The van der Waals surface area contributed by atoms with Gasteiger partial charge in [-0.2, -0.15) is 16.1 Å². The number of sulfonamides is 1. The van der Waals surface area contributed by atoms with Gasteiger partial charge in [0.05, 0.1) is 21.5 Å². The molecule has 0 aliphatic carbocycles. The van der Waals surface area contributed by atoms with Gasteiger partial charge in [0.2, 0.25) is 10.0 Å². The Morgan fingerprint density at radius 2 is 1.81 bits per heavy atom. The molecule has 3 rings (SSSR count). The quantitative estimate of drug-likeness (QED) is 0.796. The van der Waals surface area contributed by atoms with Crippen molar-refractivity contribution in [1.29, 1.82) is 0 Å². The average molecular weight is 425 g/mol. The Labute approximate surface area is 169 Å². The summed E-state index contributed by atoms with van der Waals surface area (Å²) in [6, 6.07) is 13.6. The van der Waals surface area contributed by atoms with E-state index in [0.29, 0.717) is 13.1 Å². The van der Waals surface area contributed by atoms with E-state index in [0.717, 1.165) is 17.1 Å². The van der Waals surface area contributed by atoms with Crippen molar-refractivity contribution in [2.24, 2.45) is 0 Å². The molecular weight excluding hydrogens is 404 g/mol. The van der Waals surface area contributed by atoms with Gasteiger partial charge >= 0.3 is 0 Å². The van der Waals surface area contributed by atoms with E-state index < -0.39 is 15.9 Å². The first-order valence-corrected chi connectivity index (χ1v) is 11.6. The summed E-state index contributed by atoms with van der Waals surface area (Å²) >= 11 is 7.92. The molecule has 1 aliphatic heterocycles. The standard InChI is InChI=1S/C19H21ClN2O3S2/c1-14(15-5-3-2-4-6-15)21-19(23)17-13-16(7-8-18(17)20)27(24,25)22-9-11-26-12-10-22/h2-8,13-14H,9-12H2,1H3,(H,21,23)/t14-/m1/s1. The van der Waals surface area contributed by atoms with E-state index >= 15 is 0 Å². The zero-order valence-electron chi connectivity index (χ0n) is 14.9. The van der Waals surface area contributed by atoms with Crippen molar-refractivity contribution in [2.75, 3.05) is 24.6 Å². The van der Waals surface area contributed by atoms with Crippen LogP contribution in [0.1, 0.15) is 28.9 Å². The molecule has 0 unspecified atom stereocenters. The van der Waals surface area contributed by atoms with E-state index in [-0.39, 0.29) is 21.5 Å². The monoisotopic (exact) mass is 424 g/mol. The molecule has 0 spiro atoms. The lowest BCUT2D eigenvalue weighted by Crippen LogP contribution is -2.38. The fraction of sp³-hybridized carbons (Fsp3) is 0.316. The highest BCUT2D eigenvalue weighted by molar-refractivity contribution is 7.99. The largest absolute Gasteiger partial charge is 0.345 e. The molecule has 5 nitrogen and oxygen atoms in total. The van der Waals surface area contributed by atoms with Crippen molar-refractivity contribution in [3.05, 3.63) is 64.7 Å². The molecule has 1 atom stereocenters. The van der Waals surface area contributed by atoms with Gasteiger partial charge in [-0.1, -0.05) is 41.9 Å². The van der Waals surface area contributed by atoms with E-state index in [4.69, 9.17) is 11.6 Å². The molecule has 0 aromatic heterocycles. The maximum Gasteiger partial charge on any atom is 0.253 e. The smallest absolute Gasteiger partial charge is 0.253 e. The van der Waals surface area contributed by atoms with Crippen LogP contribution in [0.5, 0.6) is 0 Å². The van der Waals surface area contributed by atoms with E-state index in [9.17, 15) is 13.2 Å². The molecule has 27 heavy (non-hydrogen) atoms. The summed E-state index contributed by atoms with van der Waals surface area (Å²) < 4.78 is 27.2. The maximum absolute atomic E-state index is 12.9. The minimum Gasteiger partial charge on any atom is -0.345 e. The zero-order chi connectivity index (χ0) is 19.4. The van der Waals surface area contributed by atoms with Crippen LogP contribution in [0.3, 0.4) is 0 Å². The Kier molecular flexibility index (Phi) is 6.47. The highest BCUT2D eigenvalue weighted by atomic mass is 35.5. The molecule has 1 aliphatic rings. The normalized spacial score (nSPS) is 16.7. The Balaban J connectivity index is 1.83. The molecule has 1 fully saturated rings.